The van der Waals surface area contributed by atoms with Crippen LogP contribution in [0.4, 0.5) is 0 Å². The zero-order valence-corrected chi connectivity index (χ0v) is 26.1. The largest absolute Gasteiger partial charge is 0.233 e. The second kappa shape index (κ2) is 12.9. The summed E-state index contributed by atoms with van der Waals surface area (Å²) in [4.78, 5) is 10.0. The quantitative estimate of drug-likeness (QED) is 0.106. The smallest absolute Gasteiger partial charge is 0.160 e. The van der Waals surface area contributed by atoms with E-state index in [-0.39, 0.29) is 0 Å². The average Bonchev–Trinajstić information content (AvgIpc) is 3.14. The van der Waals surface area contributed by atoms with E-state index in [4.69, 9.17) is 9.98 Å². The number of rotatable bonds is 6. The van der Waals surface area contributed by atoms with Crippen LogP contribution >= 0.6 is 0 Å². The van der Waals surface area contributed by atoms with E-state index in [1.54, 1.807) is 0 Å². The molecular formula is C44H31N3. The van der Waals surface area contributed by atoms with E-state index in [2.05, 4.69) is 104 Å². The van der Waals surface area contributed by atoms with Crippen LogP contribution in [0.15, 0.2) is 174 Å². The molecule has 0 radical (unpaired) electrons. The number of amidine groups is 1. The van der Waals surface area contributed by atoms with E-state index in [9.17, 15) is 5.26 Å². The van der Waals surface area contributed by atoms with E-state index < -0.39 is 0 Å². The summed E-state index contributed by atoms with van der Waals surface area (Å²) < 4.78 is 0. The van der Waals surface area contributed by atoms with E-state index in [0.29, 0.717) is 17.1 Å². The van der Waals surface area contributed by atoms with Gasteiger partial charge in [-0.2, -0.15) is 5.26 Å². The van der Waals surface area contributed by atoms with E-state index in [1.165, 1.54) is 0 Å². The first-order chi connectivity index (χ1) is 23.1. The SMILES string of the molecule is C=C(/N=C(\N=C(/C)c1ccccc1)c1ccccc1)c1cccc(-c2c3ccccc3c(-c3cccc(C#N)c3)c3ccccc23)c1. The van der Waals surface area contributed by atoms with Gasteiger partial charge >= 0.3 is 0 Å². The first-order valence-corrected chi connectivity index (χ1v) is 15.6. The van der Waals surface area contributed by atoms with Gasteiger partial charge in [-0.15, -0.1) is 0 Å². The standard InChI is InChI=1S/C44H31N3/c1-30(33-16-5-3-6-17-33)46-44(34-18-7-4-8-19-34)47-31(2)35-20-14-22-37(28-35)43-40-25-11-9-23-38(40)42(39-24-10-12-26-41(39)43)36-21-13-15-32(27-36)29-45/h3-28H,2H2,1H3/b46-30+,47-44-. The molecule has 0 amide bonds. The average molecular weight is 602 g/mol. The molecule has 0 aliphatic carbocycles. The molecule has 0 saturated carbocycles. The van der Waals surface area contributed by atoms with Gasteiger partial charge in [0, 0.05) is 16.8 Å². The maximum absolute atomic E-state index is 9.64. The molecule has 0 aromatic heterocycles. The van der Waals surface area contributed by atoms with Crippen molar-refractivity contribution >= 4 is 38.8 Å². The number of hydrogen-bond acceptors (Lipinski definition) is 2. The molecule has 3 heteroatoms. The van der Waals surface area contributed by atoms with Gasteiger partial charge in [-0.1, -0.05) is 146 Å². The Labute approximate surface area is 275 Å². The summed E-state index contributed by atoms with van der Waals surface area (Å²) >= 11 is 0. The number of fused-ring (bicyclic) bond motifs is 2. The predicted octanol–water partition coefficient (Wildman–Crippen LogP) is 11.1. The molecule has 0 saturated heterocycles. The Morgan fingerprint density at radius 3 is 1.53 bits per heavy atom. The van der Waals surface area contributed by atoms with Gasteiger partial charge in [0.15, 0.2) is 5.84 Å². The van der Waals surface area contributed by atoms with Gasteiger partial charge in [-0.25, -0.2) is 9.98 Å². The Morgan fingerprint density at radius 1 is 0.511 bits per heavy atom. The third-order valence-corrected chi connectivity index (χ3v) is 8.43. The molecule has 47 heavy (non-hydrogen) atoms. The van der Waals surface area contributed by atoms with Crippen molar-refractivity contribution in [2.24, 2.45) is 9.98 Å². The molecule has 0 heterocycles. The second-order valence-electron chi connectivity index (χ2n) is 11.4. The summed E-state index contributed by atoms with van der Waals surface area (Å²) in [7, 11) is 0. The highest BCUT2D eigenvalue weighted by atomic mass is 14.9. The Balaban J connectivity index is 1.38. The summed E-state index contributed by atoms with van der Waals surface area (Å²) in [5.74, 6) is 0.613. The Morgan fingerprint density at radius 2 is 0.979 bits per heavy atom. The molecule has 3 nitrogen and oxygen atoms in total. The molecule has 0 N–H and O–H groups in total. The van der Waals surface area contributed by atoms with Gasteiger partial charge < -0.3 is 0 Å². The fourth-order valence-corrected chi connectivity index (χ4v) is 6.19. The summed E-state index contributed by atoms with van der Waals surface area (Å²) in [6.45, 7) is 6.42. The summed E-state index contributed by atoms with van der Waals surface area (Å²) in [6.07, 6.45) is 0. The lowest BCUT2D eigenvalue weighted by Crippen LogP contribution is -2.04. The first kappa shape index (κ1) is 29.3. The molecule has 7 rings (SSSR count). The maximum atomic E-state index is 9.64. The lowest BCUT2D eigenvalue weighted by Gasteiger charge is -2.18. The minimum absolute atomic E-state index is 0.613. The topological polar surface area (TPSA) is 48.5 Å². The molecule has 222 valence electrons. The van der Waals surface area contributed by atoms with Crippen molar-refractivity contribution in [3.8, 4) is 28.3 Å². The van der Waals surface area contributed by atoms with Crippen molar-refractivity contribution in [1.29, 1.82) is 5.26 Å². The molecule has 7 aromatic carbocycles. The Bertz CT molecular complexity index is 2320. The van der Waals surface area contributed by atoms with Gasteiger partial charge in [-0.05, 0) is 74.5 Å². The molecule has 0 bridgehead atoms. The van der Waals surface area contributed by atoms with Gasteiger partial charge in [-0.3, -0.25) is 0 Å². The van der Waals surface area contributed by atoms with E-state index in [0.717, 1.165) is 66.2 Å². The van der Waals surface area contributed by atoms with Crippen molar-refractivity contribution < 1.29 is 0 Å². The number of benzene rings is 7. The van der Waals surface area contributed by atoms with Crippen molar-refractivity contribution in [2.75, 3.05) is 0 Å². The molecule has 0 aliphatic heterocycles. The zero-order valence-electron chi connectivity index (χ0n) is 26.1. The highest BCUT2D eigenvalue weighted by Gasteiger charge is 2.17. The summed E-state index contributed by atoms with van der Waals surface area (Å²) in [6, 6.07) is 55.8. The fraction of sp³-hybridized carbons (Fsp3) is 0.0227. The molecule has 7 aromatic rings. The van der Waals surface area contributed by atoms with Gasteiger partial charge in [0.25, 0.3) is 0 Å². The Hall–Kier alpha value is -6.37. The lowest BCUT2D eigenvalue weighted by atomic mass is 9.85. The molecule has 0 spiro atoms. The van der Waals surface area contributed by atoms with E-state index >= 15 is 0 Å². The number of nitrogens with zero attached hydrogens (tertiary/aromatic N) is 3. The van der Waals surface area contributed by atoms with Crippen molar-refractivity contribution in [1.82, 2.24) is 0 Å². The van der Waals surface area contributed by atoms with Gasteiger partial charge in [0.1, 0.15) is 0 Å². The number of aliphatic imine (C=N–C) groups is 2. The minimum Gasteiger partial charge on any atom is -0.233 e. The van der Waals surface area contributed by atoms with Crippen LogP contribution in [0, 0.1) is 11.3 Å². The normalized spacial score (nSPS) is 11.8. The van der Waals surface area contributed by atoms with Crippen LogP contribution in [0.3, 0.4) is 0 Å². The minimum atomic E-state index is 0.613. The van der Waals surface area contributed by atoms with Crippen LogP contribution in [0.2, 0.25) is 0 Å². The van der Waals surface area contributed by atoms with Crippen LogP contribution in [0.1, 0.15) is 29.2 Å². The molecule has 0 fully saturated rings. The zero-order chi connectivity index (χ0) is 32.2. The number of hydrogen-bond donors (Lipinski definition) is 0. The Kier molecular flexibility index (Phi) is 8.07. The monoisotopic (exact) mass is 601 g/mol. The van der Waals surface area contributed by atoms with Crippen molar-refractivity contribution in [3.05, 3.63) is 187 Å². The maximum Gasteiger partial charge on any atom is 0.160 e. The van der Waals surface area contributed by atoms with Crippen LogP contribution in [-0.2, 0) is 0 Å². The number of nitriles is 1. The summed E-state index contributed by atoms with van der Waals surface area (Å²) in [5, 5.41) is 14.2. The van der Waals surface area contributed by atoms with Gasteiger partial charge in [0.2, 0.25) is 0 Å². The van der Waals surface area contributed by atoms with Crippen LogP contribution in [0.5, 0.6) is 0 Å². The fourth-order valence-electron chi connectivity index (χ4n) is 6.19. The lowest BCUT2D eigenvalue weighted by molar-refractivity contribution is 1.44. The highest BCUT2D eigenvalue weighted by molar-refractivity contribution is 6.21. The third-order valence-electron chi connectivity index (χ3n) is 8.43. The van der Waals surface area contributed by atoms with Crippen molar-refractivity contribution in [2.45, 2.75) is 6.92 Å². The highest BCUT2D eigenvalue weighted by Crippen LogP contribution is 2.44. The van der Waals surface area contributed by atoms with Crippen molar-refractivity contribution in [3.63, 3.8) is 0 Å². The third kappa shape index (κ3) is 5.89. The van der Waals surface area contributed by atoms with Crippen LogP contribution < -0.4 is 0 Å². The molecule has 0 unspecified atom stereocenters. The molecule has 0 aliphatic rings. The molecular weight excluding hydrogens is 571 g/mol. The first-order valence-electron chi connectivity index (χ1n) is 15.6. The van der Waals surface area contributed by atoms with Crippen LogP contribution in [-0.4, -0.2) is 11.5 Å². The van der Waals surface area contributed by atoms with Crippen LogP contribution in [0.25, 0.3) is 49.5 Å². The van der Waals surface area contributed by atoms with Gasteiger partial charge in [0.05, 0.1) is 17.3 Å². The predicted molar refractivity (Wildman–Crippen MR) is 198 cm³/mol. The molecule has 0 atom stereocenters. The second-order valence-corrected chi connectivity index (χ2v) is 11.4. The van der Waals surface area contributed by atoms with E-state index in [1.807, 2.05) is 73.7 Å². The summed E-state index contributed by atoms with van der Waals surface area (Å²) in [5.41, 5.74) is 9.43.